The van der Waals surface area contributed by atoms with Crippen LogP contribution in [0.5, 0.6) is 0 Å². The van der Waals surface area contributed by atoms with Crippen LogP contribution in [-0.2, 0) is 9.84 Å². The van der Waals surface area contributed by atoms with Crippen molar-refractivity contribution in [3.63, 3.8) is 0 Å². The van der Waals surface area contributed by atoms with Gasteiger partial charge in [0.2, 0.25) is 9.84 Å². The highest BCUT2D eigenvalue weighted by atomic mass is 32.2. The Hall–Kier alpha value is -0.950. The lowest BCUT2D eigenvalue weighted by Gasteiger charge is -2.05. The van der Waals surface area contributed by atoms with Crippen molar-refractivity contribution in [1.82, 2.24) is 10.2 Å². The summed E-state index contributed by atoms with van der Waals surface area (Å²) < 4.78 is 27.0. The van der Waals surface area contributed by atoms with Gasteiger partial charge < -0.3 is 10.2 Å². The maximum absolute atomic E-state index is 11.0. The van der Waals surface area contributed by atoms with Crippen molar-refractivity contribution >= 4 is 9.84 Å². The summed E-state index contributed by atoms with van der Waals surface area (Å²) in [4.78, 5) is 0. The van der Waals surface area contributed by atoms with Crippen LogP contribution >= 0.6 is 0 Å². The zero-order valence-corrected chi connectivity index (χ0v) is 9.21. The number of quaternary nitrogens is 1. The Labute approximate surface area is 82.4 Å². The molecule has 0 bridgehead atoms. The number of aromatic nitrogens is 2. The van der Waals surface area contributed by atoms with Gasteiger partial charge in [0.25, 0.3) is 5.89 Å². The van der Waals surface area contributed by atoms with E-state index >= 15 is 0 Å². The van der Waals surface area contributed by atoms with Crippen LogP contribution in [0.15, 0.2) is 9.64 Å². The van der Waals surface area contributed by atoms with Gasteiger partial charge in [-0.2, -0.15) is 0 Å². The van der Waals surface area contributed by atoms with Crippen molar-refractivity contribution in [2.75, 3.05) is 6.26 Å². The molecule has 1 aromatic heterocycles. The summed E-state index contributed by atoms with van der Waals surface area (Å²) in [6.45, 7) is 3.89. The van der Waals surface area contributed by atoms with Gasteiger partial charge in [-0.05, 0) is 0 Å². The van der Waals surface area contributed by atoms with Crippen LogP contribution in [0.3, 0.4) is 0 Å². The molecule has 0 unspecified atom stereocenters. The lowest BCUT2D eigenvalue weighted by molar-refractivity contribution is -0.443. The third kappa shape index (κ3) is 2.30. The molecule has 0 fully saturated rings. The Morgan fingerprint density at radius 2 is 1.93 bits per heavy atom. The second kappa shape index (κ2) is 3.66. The van der Waals surface area contributed by atoms with Gasteiger partial charge in [-0.1, -0.05) is 18.9 Å². The molecule has 1 aromatic rings. The largest absolute Gasteiger partial charge is 0.406 e. The molecule has 0 aliphatic heterocycles. The zero-order valence-electron chi connectivity index (χ0n) is 8.39. The topological polar surface area (TPSA) is 101 Å². The molecule has 1 rings (SSSR count). The fourth-order valence-corrected chi connectivity index (χ4v) is 1.23. The molecule has 0 radical (unpaired) electrons. The molecule has 0 aliphatic rings. The fraction of sp³-hybridized carbons (Fsp3) is 0.714. The van der Waals surface area contributed by atoms with E-state index in [1.165, 1.54) is 0 Å². The number of rotatable bonds is 3. The minimum absolute atomic E-state index is 0.182. The van der Waals surface area contributed by atoms with Crippen molar-refractivity contribution in [3.8, 4) is 0 Å². The van der Waals surface area contributed by atoms with Gasteiger partial charge >= 0.3 is 5.22 Å². The van der Waals surface area contributed by atoms with Gasteiger partial charge in [-0.3, -0.25) is 0 Å². The first-order chi connectivity index (χ1) is 6.32. The lowest BCUT2D eigenvalue weighted by Crippen LogP contribution is -2.56. The summed E-state index contributed by atoms with van der Waals surface area (Å²) in [6, 6.07) is -0.182. The maximum Gasteiger partial charge on any atom is 0.335 e. The van der Waals surface area contributed by atoms with Crippen LogP contribution in [0.2, 0.25) is 0 Å². The summed E-state index contributed by atoms with van der Waals surface area (Å²) in [5, 5.41) is 6.75. The minimum Gasteiger partial charge on any atom is -0.406 e. The van der Waals surface area contributed by atoms with Gasteiger partial charge in [0.05, 0.1) is 0 Å². The highest BCUT2D eigenvalue weighted by Gasteiger charge is 2.24. The van der Waals surface area contributed by atoms with Crippen molar-refractivity contribution in [3.05, 3.63) is 5.89 Å². The molecule has 1 atom stereocenters. The van der Waals surface area contributed by atoms with Crippen LogP contribution in [0.4, 0.5) is 0 Å². The van der Waals surface area contributed by atoms with Crippen LogP contribution in [0, 0.1) is 5.92 Å². The Balaban J connectivity index is 3.00. The first-order valence-corrected chi connectivity index (χ1v) is 6.08. The first kappa shape index (κ1) is 11.1. The molecule has 14 heavy (non-hydrogen) atoms. The maximum atomic E-state index is 11.0. The minimum atomic E-state index is -3.41. The van der Waals surface area contributed by atoms with Crippen molar-refractivity contribution in [1.29, 1.82) is 0 Å². The normalized spacial score (nSPS) is 14.6. The van der Waals surface area contributed by atoms with E-state index in [1.807, 2.05) is 13.8 Å². The molecular weight excluding hydrogens is 206 g/mol. The average molecular weight is 220 g/mol. The molecule has 6 nitrogen and oxygen atoms in total. The van der Waals surface area contributed by atoms with E-state index in [0.29, 0.717) is 0 Å². The van der Waals surface area contributed by atoms with E-state index in [0.717, 1.165) is 6.26 Å². The van der Waals surface area contributed by atoms with Gasteiger partial charge in [0.15, 0.2) is 6.04 Å². The first-order valence-electron chi connectivity index (χ1n) is 4.19. The molecule has 7 heteroatoms. The van der Waals surface area contributed by atoms with Gasteiger partial charge in [0.1, 0.15) is 0 Å². The highest BCUT2D eigenvalue weighted by Crippen LogP contribution is 2.17. The molecule has 0 aliphatic carbocycles. The molecule has 0 saturated heterocycles. The summed E-state index contributed by atoms with van der Waals surface area (Å²) in [6.07, 6.45) is 1.03. The second-order valence-corrected chi connectivity index (χ2v) is 5.42. The van der Waals surface area contributed by atoms with Crippen LogP contribution in [-0.4, -0.2) is 24.9 Å². The van der Waals surface area contributed by atoms with Crippen LogP contribution in [0.1, 0.15) is 25.8 Å². The smallest absolute Gasteiger partial charge is 0.335 e. The van der Waals surface area contributed by atoms with Crippen molar-refractivity contribution in [2.45, 2.75) is 25.1 Å². The third-order valence-corrected chi connectivity index (χ3v) is 2.66. The summed E-state index contributed by atoms with van der Waals surface area (Å²) in [7, 11) is -3.41. The molecule has 0 saturated carbocycles. The van der Waals surface area contributed by atoms with Gasteiger partial charge in [0, 0.05) is 12.2 Å². The lowest BCUT2D eigenvalue weighted by atomic mass is 10.1. The number of hydrogen-bond acceptors (Lipinski definition) is 5. The van der Waals surface area contributed by atoms with E-state index < -0.39 is 9.84 Å². The molecule has 80 valence electrons. The number of nitrogens with zero attached hydrogens (tertiary/aromatic N) is 2. The molecule has 1 heterocycles. The molecule has 3 N–H and O–H groups in total. The van der Waals surface area contributed by atoms with Gasteiger partial charge in [-0.15, -0.1) is 5.10 Å². The predicted octanol–water partition coefficient (Wildman–Crippen LogP) is -0.588. The average Bonchev–Trinajstić information content (AvgIpc) is 2.49. The fourth-order valence-electron chi connectivity index (χ4n) is 0.805. The summed E-state index contributed by atoms with van der Waals surface area (Å²) >= 11 is 0. The quantitative estimate of drug-likeness (QED) is 0.733. The molecule has 0 aromatic carbocycles. The van der Waals surface area contributed by atoms with E-state index in [4.69, 9.17) is 4.42 Å². The van der Waals surface area contributed by atoms with E-state index in [2.05, 4.69) is 15.9 Å². The van der Waals surface area contributed by atoms with E-state index in [9.17, 15) is 8.42 Å². The summed E-state index contributed by atoms with van der Waals surface area (Å²) in [5.41, 5.74) is 3.81. The van der Waals surface area contributed by atoms with E-state index in [1.54, 1.807) is 0 Å². The van der Waals surface area contributed by atoms with Crippen molar-refractivity contribution in [2.24, 2.45) is 5.92 Å². The van der Waals surface area contributed by atoms with E-state index in [-0.39, 0.29) is 23.1 Å². The third-order valence-electron chi connectivity index (χ3n) is 1.86. The number of sulfone groups is 1. The molecular formula is C7H14N3O3S+. The Morgan fingerprint density at radius 3 is 2.29 bits per heavy atom. The van der Waals surface area contributed by atoms with Crippen LogP contribution < -0.4 is 5.73 Å². The molecule has 0 spiro atoms. The Bertz CT molecular complexity index is 410. The molecule has 0 amide bonds. The Kier molecular flexibility index (Phi) is 2.91. The SMILES string of the molecule is CC(C)[C@H]([NH3+])c1nnc(S(C)(=O)=O)o1. The van der Waals surface area contributed by atoms with Crippen molar-refractivity contribution < 1.29 is 18.6 Å². The standard InChI is InChI=1S/C7H13N3O3S/c1-4(2)5(8)6-9-10-7(13-6)14(3,11)12/h4-5H,8H2,1-3H3/p+1/t5-/m0/s1. The zero-order chi connectivity index (χ0) is 10.9. The Morgan fingerprint density at radius 1 is 1.36 bits per heavy atom. The predicted molar refractivity (Wildman–Crippen MR) is 47.9 cm³/mol. The van der Waals surface area contributed by atoms with Crippen LogP contribution in [0.25, 0.3) is 0 Å². The monoisotopic (exact) mass is 220 g/mol. The summed E-state index contributed by atoms with van der Waals surface area (Å²) in [5.74, 6) is 0.489. The highest BCUT2D eigenvalue weighted by molar-refractivity contribution is 7.90. The second-order valence-electron chi connectivity index (χ2n) is 3.53. The number of hydrogen-bond donors (Lipinski definition) is 1. The van der Waals surface area contributed by atoms with Gasteiger partial charge in [-0.25, -0.2) is 8.42 Å².